The van der Waals surface area contributed by atoms with E-state index in [9.17, 15) is 9.18 Å². The fourth-order valence-electron chi connectivity index (χ4n) is 2.63. The monoisotopic (exact) mass is 477 g/mol. The van der Waals surface area contributed by atoms with Crippen LogP contribution in [0, 0.1) is 5.82 Å². The Morgan fingerprint density at radius 1 is 1.07 bits per heavy atom. The van der Waals surface area contributed by atoms with Crippen LogP contribution in [0.1, 0.15) is 22.8 Å². The molecule has 0 bridgehead atoms. The maximum absolute atomic E-state index is 14.0. The van der Waals surface area contributed by atoms with Gasteiger partial charge in [-0.2, -0.15) is 0 Å². The number of carbonyl (C=O) groups is 1. The van der Waals surface area contributed by atoms with Crippen molar-refractivity contribution < 1.29 is 18.7 Å². The van der Waals surface area contributed by atoms with E-state index in [0.717, 1.165) is 0 Å². The molecule has 150 valence electrons. The molecule has 3 aromatic rings. The average Bonchev–Trinajstić information content (AvgIpc) is 2.70. The number of rotatable bonds is 7. The van der Waals surface area contributed by atoms with Crippen LogP contribution >= 0.6 is 27.5 Å². The Hall–Kier alpha value is -2.57. The van der Waals surface area contributed by atoms with Crippen LogP contribution in [-0.4, -0.2) is 12.5 Å². The maximum atomic E-state index is 14.0. The Balaban J connectivity index is 1.81. The molecule has 0 saturated heterocycles. The van der Waals surface area contributed by atoms with Crippen molar-refractivity contribution in [2.24, 2.45) is 0 Å². The van der Waals surface area contributed by atoms with Gasteiger partial charge in [0, 0.05) is 15.6 Å². The van der Waals surface area contributed by atoms with E-state index in [1.807, 2.05) is 19.1 Å². The van der Waals surface area contributed by atoms with Gasteiger partial charge in [-0.25, -0.2) is 4.39 Å². The molecule has 0 aliphatic rings. The zero-order chi connectivity index (χ0) is 20.8. The zero-order valence-corrected chi connectivity index (χ0v) is 17.9. The summed E-state index contributed by atoms with van der Waals surface area (Å²) in [6, 6.07) is 16.5. The first kappa shape index (κ1) is 21.1. The lowest BCUT2D eigenvalue weighted by atomic mass is 10.1. The van der Waals surface area contributed by atoms with Crippen molar-refractivity contribution in [3.05, 3.63) is 87.1 Å². The van der Waals surface area contributed by atoms with Gasteiger partial charge in [0.25, 0.3) is 5.91 Å². The first-order valence-corrected chi connectivity index (χ1v) is 10.0. The lowest BCUT2D eigenvalue weighted by Crippen LogP contribution is -2.14. The summed E-state index contributed by atoms with van der Waals surface area (Å²) in [7, 11) is 0. The van der Waals surface area contributed by atoms with E-state index in [1.54, 1.807) is 36.4 Å². The highest BCUT2D eigenvalue weighted by molar-refractivity contribution is 9.10. The van der Waals surface area contributed by atoms with Crippen LogP contribution in [0.5, 0.6) is 11.5 Å². The first-order chi connectivity index (χ1) is 14.0. The second kappa shape index (κ2) is 9.76. The van der Waals surface area contributed by atoms with E-state index in [1.165, 1.54) is 12.1 Å². The van der Waals surface area contributed by atoms with Gasteiger partial charge >= 0.3 is 0 Å². The Morgan fingerprint density at radius 2 is 1.86 bits per heavy atom. The van der Waals surface area contributed by atoms with Crippen LogP contribution in [0.15, 0.2) is 65.1 Å². The van der Waals surface area contributed by atoms with Crippen molar-refractivity contribution in [2.75, 3.05) is 11.9 Å². The molecule has 7 heteroatoms. The molecule has 0 spiro atoms. The van der Waals surface area contributed by atoms with Gasteiger partial charge in [-0.15, -0.1) is 0 Å². The number of hydrogen-bond acceptors (Lipinski definition) is 3. The van der Waals surface area contributed by atoms with Gasteiger partial charge in [-0.1, -0.05) is 39.7 Å². The molecule has 0 heterocycles. The molecule has 0 unspecified atom stereocenters. The van der Waals surface area contributed by atoms with E-state index >= 15 is 0 Å². The van der Waals surface area contributed by atoms with Crippen molar-refractivity contribution in [1.29, 1.82) is 0 Å². The van der Waals surface area contributed by atoms with Gasteiger partial charge in [0.2, 0.25) is 0 Å². The third-order valence-corrected chi connectivity index (χ3v) is 4.83. The average molecular weight is 479 g/mol. The molecule has 0 aliphatic heterocycles. The Labute approximate surface area is 181 Å². The van der Waals surface area contributed by atoms with Crippen LogP contribution in [0.4, 0.5) is 10.1 Å². The molecule has 1 amide bonds. The smallest absolute Gasteiger partial charge is 0.255 e. The summed E-state index contributed by atoms with van der Waals surface area (Å²) in [6.07, 6.45) is 0. The minimum Gasteiger partial charge on any atom is -0.493 e. The maximum Gasteiger partial charge on any atom is 0.255 e. The van der Waals surface area contributed by atoms with Crippen molar-refractivity contribution in [2.45, 2.75) is 13.5 Å². The third kappa shape index (κ3) is 5.49. The predicted molar refractivity (Wildman–Crippen MR) is 115 cm³/mol. The summed E-state index contributed by atoms with van der Waals surface area (Å²) in [5, 5.41) is 3.07. The molecule has 1 N–H and O–H groups in total. The summed E-state index contributed by atoms with van der Waals surface area (Å²) in [4.78, 5) is 12.6. The molecular formula is C22H18BrClFNO3. The zero-order valence-electron chi connectivity index (χ0n) is 15.5. The van der Waals surface area contributed by atoms with Gasteiger partial charge in [0.15, 0.2) is 0 Å². The number of carbonyl (C=O) groups excluding carboxylic acids is 1. The lowest BCUT2D eigenvalue weighted by molar-refractivity contribution is 0.102. The molecule has 0 saturated carbocycles. The number of anilines is 1. The number of para-hydroxylation sites is 1. The van der Waals surface area contributed by atoms with E-state index < -0.39 is 11.7 Å². The third-order valence-electron chi connectivity index (χ3n) is 4.02. The van der Waals surface area contributed by atoms with Crippen molar-refractivity contribution in [3.63, 3.8) is 0 Å². The number of nitrogens with one attached hydrogen (secondary N) is 1. The molecule has 0 aliphatic carbocycles. The molecular weight excluding hydrogens is 461 g/mol. The number of benzene rings is 3. The van der Waals surface area contributed by atoms with Crippen molar-refractivity contribution in [1.82, 2.24) is 0 Å². The minimum absolute atomic E-state index is 0.0981. The Kier molecular flexibility index (Phi) is 7.12. The van der Waals surface area contributed by atoms with Crippen LogP contribution < -0.4 is 14.8 Å². The highest BCUT2D eigenvalue weighted by Gasteiger charge is 2.14. The summed E-state index contributed by atoms with van der Waals surface area (Å²) in [5.41, 5.74) is 1.13. The van der Waals surface area contributed by atoms with E-state index in [2.05, 4.69) is 21.2 Å². The normalized spacial score (nSPS) is 10.5. The number of amides is 1. The van der Waals surface area contributed by atoms with E-state index in [4.69, 9.17) is 21.1 Å². The summed E-state index contributed by atoms with van der Waals surface area (Å²) >= 11 is 9.32. The molecule has 0 aromatic heterocycles. The largest absolute Gasteiger partial charge is 0.493 e. The minimum atomic E-state index is -0.527. The lowest BCUT2D eigenvalue weighted by Gasteiger charge is -2.14. The van der Waals surface area contributed by atoms with Crippen molar-refractivity contribution in [3.8, 4) is 11.5 Å². The molecule has 4 nitrogen and oxygen atoms in total. The molecule has 29 heavy (non-hydrogen) atoms. The van der Waals surface area contributed by atoms with E-state index in [-0.39, 0.29) is 12.3 Å². The summed E-state index contributed by atoms with van der Waals surface area (Å²) in [6.45, 7) is 2.50. The van der Waals surface area contributed by atoms with Crippen molar-refractivity contribution >= 4 is 39.1 Å². The fourth-order valence-corrected chi connectivity index (χ4v) is 3.16. The summed E-state index contributed by atoms with van der Waals surface area (Å²) in [5.74, 6) is 0.170. The highest BCUT2D eigenvalue weighted by Crippen LogP contribution is 2.27. The van der Waals surface area contributed by atoms with Gasteiger partial charge in [-0.3, -0.25) is 4.79 Å². The van der Waals surface area contributed by atoms with Crippen LogP contribution in [-0.2, 0) is 6.61 Å². The highest BCUT2D eigenvalue weighted by atomic mass is 79.9. The SMILES string of the molecule is CCOc1ccc(C(=O)Nc2ccc(Br)cc2F)cc1COc1ccccc1Cl. The van der Waals surface area contributed by atoms with Crippen LogP contribution in [0.25, 0.3) is 0 Å². The molecule has 0 atom stereocenters. The molecule has 0 radical (unpaired) electrons. The fraction of sp³-hybridized carbons (Fsp3) is 0.136. The topological polar surface area (TPSA) is 47.6 Å². The number of ether oxygens (including phenoxy) is 2. The molecule has 3 rings (SSSR count). The molecule has 3 aromatic carbocycles. The Morgan fingerprint density at radius 3 is 2.59 bits per heavy atom. The standard InChI is InChI=1S/C22H18BrClFNO3/c1-2-28-20-10-7-14(22(27)26-19-9-8-16(23)12-18(19)25)11-15(20)13-29-21-6-4-3-5-17(21)24/h3-12H,2,13H2,1H3,(H,26,27). The first-order valence-electron chi connectivity index (χ1n) is 8.87. The van der Waals surface area contributed by atoms with Gasteiger partial charge < -0.3 is 14.8 Å². The van der Waals surface area contributed by atoms with Crippen LogP contribution in [0.2, 0.25) is 5.02 Å². The Bertz CT molecular complexity index is 1030. The predicted octanol–water partition coefficient (Wildman–Crippen LogP) is 6.47. The number of hydrogen-bond donors (Lipinski definition) is 1. The van der Waals surface area contributed by atoms with Gasteiger partial charge in [0.1, 0.15) is 23.9 Å². The second-order valence-electron chi connectivity index (χ2n) is 6.05. The van der Waals surface area contributed by atoms with Gasteiger partial charge in [0.05, 0.1) is 17.3 Å². The van der Waals surface area contributed by atoms with Gasteiger partial charge in [-0.05, 0) is 55.5 Å². The molecule has 0 fully saturated rings. The number of halogens is 3. The van der Waals surface area contributed by atoms with E-state index in [0.29, 0.717) is 38.7 Å². The quantitative estimate of drug-likeness (QED) is 0.423. The summed E-state index contributed by atoms with van der Waals surface area (Å²) < 4.78 is 26.0. The second-order valence-corrected chi connectivity index (χ2v) is 7.38. The van der Waals surface area contributed by atoms with Crippen LogP contribution in [0.3, 0.4) is 0 Å².